The molecule has 0 radical (unpaired) electrons. The molecule has 0 saturated carbocycles. The first-order valence-corrected chi connectivity index (χ1v) is 13.7. The quantitative estimate of drug-likeness (QED) is 0.160. The van der Waals surface area contributed by atoms with E-state index in [0.29, 0.717) is 26.4 Å². The number of hydrogen-bond acceptors (Lipinski definition) is 5. The van der Waals surface area contributed by atoms with Gasteiger partial charge in [0.2, 0.25) is 0 Å². The molecule has 4 atom stereocenters. The highest BCUT2D eigenvalue weighted by Gasteiger charge is 2.35. The van der Waals surface area contributed by atoms with Crippen molar-refractivity contribution in [3.8, 4) is 0 Å². The smallest absolute Gasteiger partial charge is 0.114 e. The molecule has 0 aliphatic carbocycles. The molecule has 5 heteroatoms. The molecule has 0 bridgehead atoms. The molecule has 0 aliphatic heterocycles. The predicted octanol–water partition coefficient (Wildman–Crippen LogP) is 6.08. The molecule has 40 heavy (non-hydrogen) atoms. The number of hydrogen-bond donors (Lipinski definition) is 2. The van der Waals surface area contributed by atoms with Crippen molar-refractivity contribution < 1.29 is 19.3 Å². The summed E-state index contributed by atoms with van der Waals surface area (Å²) in [6, 6.07) is 39.7. The van der Waals surface area contributed by atoms with Crippen LogP contribution in [0, 0.1) is 0 Å². The van der Waals surface area contributed by atoms with Gasteiger partial charge >= 0.3 is 0 Å². The van der Waals surface area contributed by atoms with Crippen molar-refractivity contribution in [2.75, 3.05) is 6.61 Å². The topological polar surface area (TPSA) is 60.0 Å². The molecule has 0 aromatic heterocycles. The first-order valence-electron chi connectivity index (χ1n) is 13.7. The van der Waals surface area contributed by atoms with Crippen molar-refractivity contribution in [1.29, 1.82) is 0 Å². The first-order chi connectivity index (χ1) is 19.7. The average molecular weight is 538 g/mol. The Balaban J connectivity index is 1.53. The van der Waals surface area contributed by atoms with Gasteiger partial charge in [-0.3, -0.25) is 0 Å². The lowest BCUT2D eigenvalue weighted by atomic mass is 9.99. The van der Waals surface area contributed by atoms with E-state index in [2.05, 4.69) is 24.0 Å². The molecular weight excluding hydrogens is 498 g/mol. The van der Waals surface area contributed by atoms with Gasteiger partial charge in [-0.1, -0.05) is 127 Å². The number of nitrogens with one attached hydrogen (secondary N) is 1. The van der Waals surface area contributed by atoms with Crippen LogP contribution in [-0.2, 0) is 40.6 Å². The third-order valence-corrected chi connectivity index (χ3v) is 6.67. The van der Waals surface area contributed by atoms with Gasteiger partial charge in [0, 0.05) is 6.54 Å². The van der Waals surface area contributed by atoms with E-state index >= 15 is 0 Å². The Kier molecular flexibility index (Phi) is 12.1. The fourth-order valence-electron chi connectivity index (χ4n) is 4.49. The van der Waals surface area contributed by atoms with Gasteiger partial charge in [-0.25, -0.2) is 0 Å². The summed E-state index contributed by atoms with van der Waals surface area (Å²) in [7, 11) is 0. The van der Waals surface area contributed by atoms with Gasteiger partial charge in [0.05, 0.1) is 32.5 Å². The van der Waals surface area contributed by atoms with E-state index in [9.17, 15) is 5.11 Å². The molecular formula is C35H39NO4. The molecule has 0 saturated heterocycles. The number of ether oxygens (including phenoxy) is 3. The molecule has 0 spiro atoms. The van der Waals surface area contributed by atoms with Crippen LogP contribution in [0.5, 0.6) is 0 Å². The van der Waals surface area contributed by atoms with Crippen LogP contribution < -0.4 is 5.32 Å². The van der Waals surface area contributed by atoms with E-state index in [1.54, 1.807) is 0 Å². The Morgan fingerprint density at radius 2 is 1.02 bits per heavy atom. The molecule has 4 rings (SSSR count). The zero-order chi connectivity index (χ0) is 27.8. The Hall–Kier alpha value is -3.58. The summed E-state index contributed by atoms with van der Waals surface area (Å²) in [5.74, 6) is 0. The van der Waals surface area contributed by atoms with E-state index in [1.807, 2.05) is 115 Å². The summed E-state index contributed by atoms with van der Waals surface area (Å²) in [5, 5.41) is 15.0. The average Bonchev–Trinajstić information content (AvgIpc) is 3.01. The van der Waals surface area contributed by atoms with Crippen molar-refractivity contribution in [1.82, 2.24) is 5.32 Å². The molecule has 0 amide bonds. The van der Waals surface area contributed by atoms with E-state index < -0.39 is 18.3 Å². The standard InChI is InChI=1S/C35H39NO4/c1-2-32(36-23-28-15-7-3-8-16-28)34(39-25-30-19-11-5-12-20-30)35(40-26-31-21-13-6-14-22-31)33(37)27-38-24-29-17-9-4-10-18-29/h2-22,32-37H,1,23-27H2/t32-,33-,34+,35+/m0/s1. The normalized spacial score (nSPS) is 14.2. The molecule has 2 N–H and O–H groups in total. The van der Waals surface area contributed by atoms with Crippen molar-refractivity contribution in [2.45, 2.75) is 50.7 Å². The maximum Gasteiger partial charge on any atom is 0.114 e. The zero-order valence-electron chi connectivity index (χ0n) is 22.8. The Morgan fingerprint density at radius 3 is 1.50 bits per heavy atom. The lowest BCUT2D eigenvalue weighted by molar-refractivity contribution is -0.152. The highest BCUT2D eigenvalue weighted by molar-refractivity contribution is 5.17. The van der Waals surface area contributed by atoms with Gasteiger partial charge in [-0.15, -0.1) is 6.58 Å². The summed E-state index contributed by atoms with van der Waals surface area (Å²) in [5.41, 5.74) is 4.24. The van der Waals surface area contributed by atoms with Crippen LogP contribution in [0.3, 0.4) is 0 Å². The van der Waals surface area contributed by atoms with E-state index in [-0.39, 0.29) is 12.6 Å². The van der Waals surface area contributed by atoms with Crippen molar-refractivity contribution in [2.24, 2.45) is 0 Å². The molecule has 0 aliphatic rings. The minimum Gasteiger partial charge on any atom is -0.388 e. The monoisotopic (exact) mass is 537 g/mol. The Bertz CT molecular complexity index is 1220. The number of benzene rings is 4. The third kappa shape index (κ3) is 9.56. The third-order valence-electron chi connectivity index (χ3n) is 6.67. The lowest BCUT2D eigenvalue weighted by Crippen LogP contribution is -2.52. The summed E-state index contributed by atoms with van der Waals surface area (Å²) in [6.07, 6.45) is -0.338. The van der Waals surface area contributed by atoms with Crippen LogP contribution in [0.15, 0.2) is 134 Å². The van der Waals surface area contributed by atoms with Gasteiger partial charge < -0.3 is 24.6 Å². The van der Waals surface area contributed by atoms with Gasteiger partial charge in [-0.2, -0.15) is 0 Å². The van der Waals surface area contributed by atoms with Crippen molar-refractivity contribution in [3.05, 3.63) is 156 Å². The molecule has 0 fully saturated rings. The molecule has 208 valence electrons. The van der Waals surface area contributed by atoms with Crippen LogP contribution in [0.4, 0.5) is 0 Å². The second kappa shape index (κ2) is 16.5. The van der Waals surface area contributed by atoms with Crippen LogP contribution >= 0.6 is 0 Å². The largest absolute Gasteiger partial charge is 0.388 e. The van der Waals surface area contributed by atoms with E-state index in [4.69, 9.17) is 14.2 Å². The number of aliphatic hydroxyl groups excluding tert-OH is 1. The number of aliphatic hydroxyl groups is 1. The summed E-state index contributed by atoms with van der Waals surface area (Å²) >= 11 is 0. The van der Waals surface area contributed by atoms with Crippen molar-refractivity contribution >= 4 is 0 Å². The van der Waals surface area contributed by atoms with Gasteiger partial charge in [-0.05, 0) is 22.3 Å². The molecule has 0 unspecified atom stereocenters. The molecule has 5 nitrogen and oxygen atoms in total. The van der Waals surface area contributed by atoms with Crippen molar-refractivity contribution in [3.63, 3.8) is 0 Å². The van der Waals surface area contributed by atoms with Gasteiger partial charge in [0.15, 0.2) is 0 Å². The second-order valence-electron chi connectivity index (χ2n) is 9.72. The zero-order valence-corrected chi connectivity index (χ0v) is 22.8. The molecule has 0 heterocycles. The fraction of sp³-hybridized carbons (Fsp3) is 0.257. The molecule has 4 aromatic carbocycles. The maximum atomic E-state index is 11.5. The minimum absolute atomic E-state index is 0.0993. The highest BCUT2D eigenvalue weighted by Crippen LogP contribution is 2.20. The fourth-order valence-corrected chi connectivity index (χ4v) is 4.49. The summed E-state index contributed by atoms with van der Waals surface area (Å²) in [4.78, 5) is 0. The minimum atomic E-state index is -0.936. The van der Waals surface area contributed by atoms with Gasteiger partial charge in [0.1, 0.15) is 18.3 Å². The summed E-state index contributed by atoms with van der Waals surface area (Å²) < 4.78 is 18.9. The van der Waals surface area contributed by atoms with Crippen LogP contribution in [0.2, 0.25) is 0 Å². The lowest BCUT2D eigenvalue weighted by Gasteiger charge is -2.35. The maximum absolute atomic E-state index is 11.5. The summed E-state index contributed by atoms with van der Waals surface area (Å²) in [6.45, 7) is 5.91. The van der Waals surface area contributed by atoms with Gasteiger partial charge in [0.25, 0.3) is 0 Å². The Morgan fingerprint density at radius 1 is 0.600 bits per heavy atom. The Labute approximate surface area is 238 Å². The SMILES string of the molecule is C=C[C@H](NCc1ccccc1)[C@@H](OCc1ccccc1)[C@H](OCc1ccccc1)[C@@H](O)COCc1ccccc1. The van der Waals surface area contributed by atoms with E-state index in [0.717, 1.165) is 22.3 Å². The second-order valence-corrected chi connectivity index (χ2v) is 9.72. The van der Waals surface area contributed by atoms with Crippen LogP contribution in [0.25, 0.3) is 0 Å². The molecule has 4 aromatic rings. The van der Waals surface area contributed by atoms with E-state index in [1.165, 1.54) is 0 Å². The predicted molar refractivity (Wildman–Crippen MR) is 159 cm³/mol. The first kappa shape index (κ1) is 29.4. The number of rotatable bonds is 17. The van der Waals surface area contributed by atoms with Crippen LogP contribution in [-0.4, -0.2) is 36.1 Å². The van der Waals surface area contributed by atoms with Crippen LogP contribution in [0.1, 0.15) is 22.3 Å². The highest BCUT2D eigenvalue weighted by atomic mass is 16.6.